The van der Waals surface area contributed by atoms with Crippen molar-refractivity contribution in [3.63, 3.8) is 0 Å². The summed E-state index contributed by atoms with van der Waals surface area (Å²) in [7, 11) is 0. The zero-order valence-electron chi connectivity index (χ0n) is 79.3. The van der Waals surface area contributed by atoms with Gasteiger partial charge in [0.2, 0.25) is 0 Å². The second kappa shape index (κ2) is 43.4. The Morgan fingerprint density at radius 1 is 0.243 bits per heavy atom. The predicted octanol–water partition coefficient (Wildman–Crippen LogP) is 28.6. The fourth-order valence-electron chi connectivity index (χ4n) is 20.9. The molecule has 5 N–H and O–H groups in total. The number of aromatic carboxylic acids is 5. The van der Waals surface area contributed by atoms with Crippen molar-refractivity contribution >= 4 is 91.9 Å². The Hall–Kier alpha value is -17.2. The van der Waals surface area contributed by atoms with Gasteiger partial charge in [-0.2, -0.15) is 26.3 Å². The first-order chi connectivity index (χ1) is 71.2. The molecule has 17 aromatic rings. The van der Waals surface area contributed by atoms with Crippen LogP contribution in [0.25, 0.3) is 77.2 Å². The second-order valence-electron chi connectivity index (χ2n) is 37.6. The van der Waals surface area contributed by atoms with Gasteiger partial charge in [0.15, 0.2) is 28.9 Å². The standard InChI is InChI=1S/2C27H20O3.C25H19F3O3.C24H17F3O3.C23H17ClO3/c28-26-20(15-17-11-13-19(14-12-17)27(29)30)16-25-23(9-4-10-24(25)26)22-8-3-6-18-5-1-2-7-21(18)22;28-26-22(14-17-8-10-19(11-9-17)27(29)30)16-25-23(6-3-7-24(25)26)21-13-12-18-4-1-2-5-20(18)15-21;26-25(27,28)19-4-1-3-17(14-19)20-5-2-6-22-21(20)12-11-18(23(22)29)13-15-7-9-16(10-8-15)24(30)31;25-24(26,27)18-4-1-3-16(12-18)19-5-2-6-20-21(19)13-17(22(20)28)11-14-7-9-15(10-8-14)23(29)30;24-18-4-1-3-16(12-18)19-5-2-6-20-21(19)13-17(22(20)25)11-14-7-9-15(10-8-14)23(26)27/h1-14,20H,15-16H2,(H,29,30);1-13,15,22H,14,16H2,(H,29,30);1-10,14,18H,11-13H2,(H,30,31);1-10,12,17H,11,13H2,(H,29,30);1-10,12,17H,11,13H2,(H,26,27). The van der Waals surface area contributed by atoms with Gasteiger partial charge < -0.3 is 25.5 Å². The third kappa shape index (κ3) is 22.4. The number of rotatable bonds is 20. The lowest BCUT2D eigenvalue weighted by atomic mass is 9.77. The molecular formula is C126H93ClF6O15. The minimum Gasteiger partial charge on any atom is -0.478 e. The predicted molar refractivity (Wildman–Crippen MR) is 557 cm³/mol. The zero-order chi connectivity index (χ0) is 104. The maximum Gasteiger partial charge on any atom is 0.416 e. The summed E-state index contributed by atoms with van der Waals surface area (Å²) in [5, 5.41) is 50.6. The molecular weight excluding hydrogens is 1900 g/mol. The van der Waals surface area contributed by atoms with Crippen LogP contribution in [0.1, 0.15) is 177 Å². The number of halogens is 7. The highest BCUT2D eigenvalue weighted by Gasteiger charge is 2.40. The highest BCUT2D eigenvalue weighted by molar-refractivity contribution is 6.31. The summed E-state index contributed by atoms with van der Waals surface area (Å²) < 4.78 is 78.7. The van der Waals surface area contributed by atoms with E-state index < -0.39 is 53.3 Å². The first-order valence-electron chi connectivity index (χ1n) is 48.2. The molecule has 5 aliphatic rings. The minimum atomic E-state index is -4.44. The summed E-state index contributed by atoms with van der Waals surface area (Å²) in [5.41, 5.74) is 21.4. The Balaban J connectivity index is 0.000000121. The molecule has 5 unspecified atom stereocenters. The summed E-state index contributed by atoms with van der Waals surface area (Å²) in [4.78, 5) is 120. The summed E-state index contributed by atoms with van der Waals surface area (Å²) >= 11 is 6.14. The van der Waals surface area contributed by atoms with Crippen molar-refractivity contribution in [3.8, 4) is 55.6 Å². The Labute approximate surface area is 852 Å². The Bertz CT molecular complexity index is 8080. The smallest absolute Gasteiger partial charge is 0.416 e. The van der Waals surface area contributed by atoms with Crippen molar-refractivity contribution in [2.75, 3.05) is 0 Å². The third-order valence-electron chi connectivity index (χ3n) is 28.3. The fraction of sp³-hybridized carbons (Fsp3) is 0.143. The largest absolute Gasteiger partial charge is 0.478 e. The van der Waals surface area contributed by atoms with E-state index in [1.807, 2.05) is 115 Å². The molecule has 0 saturated carbocycles. The molecule has 0 aromatic heterocycles. The minimum absolute atomic E-state index is 0.0302. The lowest BCUT2D eigenvalue weighted by Gasteiger charge is -2.25. The van der Waals surface area contributed by atoms with Crippen LogP contribution in [0.2, 0.25) is 5.02 Å². The normalized spacial score (nSPS) is 15.6. The molecule has 0 radical (unpaired) electrons. The maximum atomic E-state index is 13.1. The lowest BCUT2D eigenvalue weighted by molar-refractivity contribution is -0.138. The Morgan fingerprint density at radius 2 is 0.507 bits per heavy atom. The number of carboxylic acids is 5. The topological polar surface area (TPSA) is 272 Å². The van der Waals surface area contributed by atoms with Crippen LogP contribution in [0.4, 0.5) is 26.3 Å². The maximum absolute atomic E-state index is 13.1. The molecule has 15 nitrogen and oxygen atoms in total. The SMILES string of the molecule is O=C(O)c1ccc(CC2CCc3c(cccc3-c3cccc(C(F)(F)F)c3)C2=O)cc1.O=C(O)c1ccc(CC2Cc3c(cccc3-c3ccc4ccccc4c3)C2=O)cc1.O=C(O)c1ccc(CC2Cc3c(cccc3-c3cccc(C(F)(F)F)c3)C2=O)cc1.O=C(O)c1ccc(CC2Cc3c(cccc3-c3cccc(Cl)c3)C2=O)cc1.O=C(O)c1ccc(CC2Cc3c(cccc3-c3cccc4ccccc34)C2=O)cc1. The van der Waals surface area contributed by atoms with Crippen LogP contribution in [0.5, 0.6) is 0 Å². The quantitative estimate of drug-likeness (QED) is 0.0444. The summed E-state index contributed by atoms with van der Waals surface area (Å²) in [6, 6.07) is 109. The van der Waals surface area contributed by atoms with E-state index in [0.29, 0.717) is 109 Å². The summed E-state index contributed by atoms with van der Waals surface area (Å²) in [6.45, 7) is 0. The monoisotopic (exact) mass is 1990 g/mol. The van der Waals surface area contributed by atoms with Gasteiger partial charge in [-0.25, -0.2) is 24.0 Å². The van der Waals surface area contributed by atoms with Gasteiger partial charge in [0.1, 0.15) is 0 Å². The molecule has 5 atom stereocenters. The number of benzene rings is 17. The molecule has 0 heterocycles. The molecule has 0 aliphatic heterocycles. The number of alkyl halides is 6. The molecule has 0 fully saturated rings. The van der Waals surface area contributed by atoms with E-state index in [4.69, 9.17) is 37.1 Å². The number of Topliss-reactive ketones (excluding diaryl/α,β-unsaturated/α-hetero) is 5. The Morgan fingerprint density at radius 3 is 0.865 bits per heavy atom. The van der Waals surface area contributed by atoms with Gasteiger partial charge in [-0.1, -0.05) is 279 Å². The average Bonchev–Trinajstić information content (AvgIpc) is 1.43. The van der Waals surface area contributed by atoms with Gasteiger partial charge in [-0.15, -0.1) is 0 Å². The van der Waals surface area contributed by atoms with Gasteiger partial charge in [0.25, 0.3) is 0 Å². The molecule has 736 valence electrons. The van der Waals surface area contributed by atoms with E-state index in [1.165, 1.54) is 57.9 Å². The summed E-state index contributed by atoms with van der Waals surface area (Å²) in [5.74, 6) is -5.36. The van der Waals surface area contributed by atoms with Crippen LogP contribution in [-0.2, 0) is 76.6 Å². The number of hydrogen-bond donors (Lipinski definition) is 5. The van der Waals surface area contributed by atoms with Crippen LogP contribution in [-0.4, -0.2) is 84.3 Å². The van der Waals surface area contributed by atoms with Crippen molar-refractivity contribution in [3.05, 3.63) is 497 Å². The second-order valence-corrected chi connectivity index (χ2v) is 38.0. The molecule has 22 rings (SSSR count). The van der Waals surface area contributed by atoms with Crippen LogP contribution >= 0.6 is 11.6 Å². The van der Waals surface area contributed by atoms with Gasteiger partial charge in [0.05, 0.1) is 38.9 Å². The highest BCUT2D eigenvalue weighted by Crippen LogP contribution is 2.46. The van der Waals surface area contributed by atoms with Crippen LogP contribution in [0.3, 0.4) is 0 Å². The first-order valence-corrected chi connectivity index (χ1v) is 48.6. The fourth-order valence-corrected chi connectivity index (χ4v) is 21.1. The lowest BCUT2D eigenvalue weighted by Crippen LogP contribution is -2.25. The third-order valence-corrected chi connectivity index (χ3v) is 28.5. The number of hydrogen-bond acceptors (Lipinski definition) is 10. The van der Waals surface area contributed by atoms with E-state index >= 15 is 0 Å². The van der Waals surface area contributed by atoms with E-state index in [0.717, 1.165) is 130 Å². The molecule has 5 aliphatic carbocycles. The van der Waals surface area contributed by atoms with E-state index in [-0.39, 0.29) is 86.3 Å². The van der Waals surface area contributed by atoms with Crippen molar-refractivity contribution in [2.45, 2.75) is 83.0 Å². The molecule has 0 amide bonds. The van der Waals surface area contributed by atoms with E-state index in [2.05, 4.69) is 72.8 Å². The first kappa shape index (κ1) is 101. The van der Waals surface area contributed by atoms with Crippen LogP contribution < -0.4 is 0 Å². The molecule has 0 spiro atoms. The molecule has 17 aromatic carbocycles. The van der Waals surface area contributed by atoms with Crippen LogP contribution in [0.15, 0.2) is 370 Å². The Kier molecular flexibility index (Phi) is 29.6. The van der Waals surface area contributed by atoms with Gasteiger partial charge >= 0.3 is 42.2 Å². The number of carbonyl (C=O) groups excluding carboxylic acids is 5. The number of ketones is 5. The molecule has 0 bridgehead atoms. The van der Waals surface area contributed by atoms with Crippen molar-refractivity contribution in [2.24, 2.45) is 29.6 Å². The van der Waals surface area contributed by atoms with Crippen LogP contribution in [0, 0.1) is 29.6 Å². The van der Waals surface area contributed by atoms with Crippen molar-refractivity contribution < 1.29 is 99.8 Å². The van der Waals surface area contributed by atoms with Crippen molar-refractivity contribution in [1.82, 2.24) is 0 Å². The van der Waals surface area contributed by atoms with Gasteiger partial charge in [0, 0.05) is 62.4 Å². The number of carbonyl (C=O) groups is 10. The van der Waals surface area contributed by atoms with Crippen molar-refractivity contribution in [1.29, 1.82) is 0 Å². The van der Waals surface area contributed by atoms with E-state index in [1.54, 1.807) is 121 Å². The molecule has 0 saturated heterocycles. The zero-order valence-corrected chi connectivity index (χ0v) is 80.1. The van der Waals surface area contributed by atoms with Gasteiger partial charge in [-0.05, 0) is 307 Å². The average molecular weight is 2000 g/mol. The summed E-state index contributed by atoms with van der Waals surface area (Å²) in [6.07, 6.45) is -2.41. The number of fused-ring (bicyclic) bond motifs is 7. The van der Waals surface area contributed by atoms with Gasteiger partial charge in [-0.3, -0.25) is 24.0 Å². The molecule has 148 heavy (non-hydrogen) atoms. The highest BCUT2D eigenvalue weighted by atomic mass is 35.5. The van der Waals surface area contributed by atoms with E-state index in [9.17, 15) is 74.3 Å². The number of carboxylic acid groups (broad SMARTS) is 5. The molecule has 22 heteroatoms.